The molecular weight excluding hydrogens is 194 g/mol. The molecule has 0 amide bonds. The molecule has 0 aromatic rings. The summed E-state index contributed by atoms with van der Waals surface area (Å²) in [5.41, 5.74) is 5.73. The maximum Gasteiger partial charge on any atom is 0.188 e. The summed E-state index contributed by atoms with van der Waals surface area (Å²) in [7, 11) is 0. The molecule has 1 fully saturated rings. The smallest absolute Gasteiger partial charge is 0.188 e. The first-order chi connectivity index (χ1) is 6.68. The molecule has 0 spiro atoms. The van der Waals surface area contributed by atoms with Crippen molar-refractivity contribution in [3.8, 4) is 0 Å². The lowest BCUT2D eigenvalue weighted by atomic mass is 10.0. The van der Waals surface area contributed by atoms with Crippen LogP contribution in [0.2, 0.25) is 0 Å². The van der Waals surface area contributed by atoms with E-state index < -0.39 is 0 Å². The van der Waals surface area contributed by atoms with Gasteiger partial charge >= 0.3 is 0 Å². The molecule has 3 N–H and O–H groups in total. The summed E-state index contributed by atoms with van der Waals surface area (Å²) in [5, 5.41) is 3.10. The summed E-state index contributed by atoms with van der Waals surface area (Å²) in [6, 6.07) is 0.376. The normalized spacial score (nSPS) is 20.1. The average molecular weight is 215 g/mol. The first-order valence-corrected chi connectivity index (χ1v) is 6.48. The van der Waals surface area contributed by atoms with Crippen LogP contribution in [0.1, 0.15) is 26.7 Å². The Morgan fingerprint density at radius 3 is 2.71 bits per heavy atom. The van der Waals surface area contributed by atoms with Gasteiger partial charge in [-0.2, -0.15) is 11.8 Å². The van der Waals surface area contributed by atoms with Gasteiger partial charge < -0.3 is 11.1 Å². The lowest BCUT2D eigenvalue weighted by Gasteiger charge is -2.19. The molecule has 1 rings (SSSR count). The lowest BCUT2D eigenvalue weighted by Crippen LogP contribution is -2.37. The molecular formula is C10H21N3S. The standard InChI is InChI=1S/C10H21N3S/c1-8(2)13-10(11)12-7-9-3-5-14-6-4-9/h8-9H,3-7H2,1-2H3,(H3,11,12,13). The zero-order chi connectivity index (χ0) is 10.4. The predicted octanol–water partition coefficient (Wildman–Crippen LogP) is 1.44. The van der Waals surface area contributed by atoms with Crippen molar-refractivity contribution in [1.29, 1.82) is 0 Å². The van der Waals surface area contributed by atoms with Crippen LogP contribution in [-0.2, 0) is 0 Å². The van der Waals surface area contributed by atoms with Crippen LogP contribution in [0.15, 0.2) is 4.99 Å². The van der Waals surface area contributed by atoms with Crippen molar-refractivity contribution >= 4 is 17.7 Å². The van der Waals surface area contributed by atoms with E-state index in [4.69, 9.17) is 5.73 Å². The summed E-state index contributed by atoms with van der Waals surface area (Å²) >= 11 is 2.05. The maximum atomic E-state index is 5.73. The number of nitrogens with one attached hydrogen (secondary N) is 1. The SMILES string of the molecule is CC(C)NC(N)=NCC1CCSCC1. The van der Waals surface area contributed by atoms with Crippen LogP contribution in [0.4, 0.5) is 0 Å². The summed E-state index contributed by atoms with van der Waals surface area (Å²) < 4.78 is 0. The van der Waals surface area contributed by atoms with Gasteiger partial charge in [0.25, 0.3) is 0 Å². The van der Waals surface area contributed by atoms with E-state index in [2.05, 4.69) is 24.2 Å². The number of hydrogen-bond acceptors (Lipinski definition) is 2. The Hall–Kier alpha value is -0.380. The van der Waals surface area contributed by atoms with E-state index in [0.717, 1.165) is 12.5 Å². The molecule has 0 aromatic heterocycles. The van der Waals surface area contributed by atoms with Crippen molar-refractivity contribution in [3.05, 3.63) is 0 Å². The van der Waals surface area contributed by atoms with Crippen LogP contribution < -0.4 is 11.1 Å². The highest BCUT2D eigenvalue weighted by atomic mass is 32.2. The van der Waals surface area contributed by atoms with Crippen molar-refractivity contribution in [2.24, 2.45) is 16.6 Å². The Balaban J connectivity index is 2.22. The van der Waals surface area contributed by atoms with E-state index in [1.165, 1.54) is 24.3 Å². The number of thioether (sulfide) groups is 1. The Kier molecular flexibility index (Phi) is 5.15. The molecule has 0 aromatic carbocycles. The Bertz CT molecular complexity index is 186. The monoisotopic (exact) mass is 215 g/mol. The minimum atomic E-state index is 0.376. The molecule has 0 aliphatic carbocycles. The van der Waals surface area contributed by atoms with Crippen LogP contribution in [0.5, 0.6) is 0 Å². The second kappa shape index (κ2) is 6.17. The van der Waals surface area contributed by atoms with Crippen molar-refractivity contribution in [2.45, 2.75) is 32.7 Å². The van der Waals surface area contributed by atoms with E-state index in [9.17, 15) is 0 Å². The predicted molar refractivity (Wildman–Crippen MR) is 64.8 cm³/mol. The van der Waals surface area contributed by atoms with Gasteiger partial charge in [0.05, 0.1) is 0 Å². The zero-order valence-corrected chi connectivity index (χ0v) is 9.94. The molecule has 1 heterocycles. The second-order valence-corrected chi connectivity index (χ2v) is 5.31. The fourth-order valence-corrected chi connectivity index (χ4v) is 2.70. The Labute approximate surface area is 90.9 Å². The van der Waals surface area contributed by atoms with Crippen LogP contribution in [0.25, 0.3) is 0 Å². The summed E-state index contributed by atoms with van der Waals surface area (Å²) in [5.74, 6) is 3.93. The number of guanidine groups is 1. The van der Waals surface area contributed by atoms with Crippen LogP contribution in [-0.4, -0.2) is 30.1 Å². The molecule has 0 radical (unpaired) electrons. The molecule has 1 aliphatic rings. The molecule has 1 aliphatic heterocycles. The van der Waals surface area contributed by atoms with Gasteiger partial charge in [-0.05, 0) is 44.1 Å². The van der Waals surface area contributed by atoms with Gasteiger partial charge in [-0.15, -0.1) is 0 Å². The summed E-state index contributed by atoms with van der Waals surface area (Å²) in [4.78, 5) is 4.36. The van der Waals surface area contributed by atoms with E-state index in [1.54, 1.807) is 0 Å². The summed E-state index contributed by atoms with van der Waals surface area (Å²) in [6.07, 6.45) is 2.59. The molecule has 1 saturated heterocycles. The highest BCUT2D eigenvalue weighted by Crippen LogP contribution is 2.22. The quantitative estimate of drug-likeness (QED) is 0.553. The largest absolute Gasteiger partial charge is 0.370 e. The van der Waals surface area contributed by atoms with Gasteiger partial charge in [0, 0.05) is 12.6 Å². The van der Waals surface area contributed by atoms with Crippen LogP contribution in [0, 0.1) is 5.92 Å². The van der Waals surface area contributed by atoms with Crippen molar-refractivity contribution in [2.75, 3.05) is 18.1 Å². The minimum absolute atomic E-state index is 0.376. The Morgan fingerprint density at radius 1 is 1.50 bits per heavy atom. The third-order valence-corrected chi connectivity index (χ3v) is 3.35. The molecule has 0 atom stereocenters. The molecule has 0 saturated carbocycles. The first-order valence-electron chi connectivity index (χ1n) is 5.32. The fraction of sp³-hybridized carbons (Fsp3) is 0.900. The third kappa shape index (κ3) is 4.74. The molecule has 4 heteroatoms. The van der Waals surface area contributed by atoms with Crippen LogP contribution in [0.3, 0.4) is 0 Å². The maximum absolute atomic E-state index is 5.73. The van der Waals surface area contributed by atoms with Crippen molar-refractivity contribution in [1.82, 2.24) is 5.32 Å². The minimum Gasteiger partial charge on any atom is -0.370 e. The number of aliphatic imine (C=N–C) groups is 1. The average Bonchev–Trinajstić information content (AvgIpc) is 2.15. The van der Waals surface area contributed by atoms with Crippen molar-refractivity contribution in [3.63, 3.8) is 0 Å². The molecule has 0 unspecified atom stereocenters. The molecule has 14 heavy (non-hydrogen) atoms. The van der Waals surface area contributed by atoms with Crippen LogP contribution >= 0.6 is 11.8 Å². The van der Waals surface area contributed by atoms with Gasteiger partial charge in [-0.3, -0.25) is 4.99 Å². The van der Waals surface area contributed by atoms with Gasteiger partial charge in [0.15, 0.2) is 5.96 Å². The fourth-order valence-electron chi connectivity index (χ4n) is 1.50. The highest BCUT2D eigenvalue weighted by molar-refractivity contribution is 7.99. The molecule has 3 nitrogen and oxygen atoms in total. The lowest BCUT2D eigenvalue weighted by molar-refractivity contribution is 0.501. The number of rotatable bonds is 3. The molecule has 0 bridgehead atoms. The van der Waals surface area contributed by atoms with E-state index in [-0.39, 0.29) is 0 Å². The van der Waals surface area contributed by atoms with Gasteiger partial charge in [0.2, 0.25) is 0 Å². The van der Waals surface area contributed by atoms with Crippen molar-refractivity contribution < 1.29 is 0 Å². The number of nitrogens with two attached hydrogens (primary N) is 1. The van der Waals surface area contributed by atoms with E-state index in [1.807, 2.05) is 11.8 Å². The number of hydrogen-bond donors (Lipinski definition) is 2. The topological polar surface area (TPSA) is 50.4 Å². The van der Waals surface area contributed by atoms with E-state index >= 15 is 0 Å². The van der Waals surface area contributed by atoms with Gasteiger partial charge in [0.1, 0.15) is 0 Å². The van der Waals surface area contributed by atoms with Gasteiger partial charge in [-0.1, -0.05) is 0 Å². The highest BCUT2D eigenvalue weighted by Gasteiger charge is 2.12. The second-order valence-electron chi connectivity index (χ2n) is 4.08. The third-order valence-electron chi connectivity index (χ3n) is 2.30. The zero-order valence-electron chi connectivity index (χ0n) is 9.12. The summed E-state index contributed by atoms with van der Waals surface area (Å²) in [6.45, 7) is 5.03. The molecule has 82 valence electrons. The van der Waals surface area contributed by atoms with Gasteiger partial charge in [-0.25, -0.2) is 0 Å². The number of nitrogens with zero attached hydrogens (tertiary/aromatic N) is 1. The Morgan fingerprint density at radius 2 is 2.14 bits per heavy atom. The van der Waals surface area contributed by atoms with E-state index in [0.29, 0.717) is 12.0 Å². The first kappa shape index (κ1) is 11.7.